The third-order valence-corrected chi connectivity index (χ3v) is 4.65. The van der Waals surface area contributed by atoms with E-state index in [0.717, 1.165) is 11.4 Å². The molecular weight excluding hydrogens is 342 g/mol. The lowest BCUT2D eigenvalue weighted by Gasteiger charge is -2.32. The number of amides is 2. The number of piperidine rings is 1. The van der Waals surface area contributed by atoms with Crippen LogP contribution < -0.4 is 10.1 Å². The molecule has 1 aliphatic rings. The Bertz CT molecular complexity index is 737. The van der Waals surface area contributed by atoms with E-state index in [2.05, 4.69) is 10.3 Å². The molecule has 1 aromatic carbocycles. The van der Waals surface area contributed by atoms with Crippen LogP contribution in [0, 0.1) is 5.92 Å². The smallest absolute Gasteiger partial charge is 0.225 e. The molecule has 0 bridgehead atoms. The third kappa shape index (κ3) is 5.81. The Balaban J connectivity index is 1.41. The predicted octanol–water partition coefficient (Wildman–Crippen LogP) is 2.06. The molecular formula is C21H25N3O3. The van der Waals surface area contributed by atoms with E-state index >= 15 is 0 Å². The first-order valence-electron chi connectivity index (χ1n) is 9.35. The molecule has 1 saturated heterocycles. The number of benzene rings is 1. The summed E-state index contributed by atoms with van der Waals surface area (Å²) in [6, 6.07) is 15.3. The van der Waals surface area contributed by atoms with E-state index in [1.807, 2.05) is 48.5 Å². The summed E-state index contributed by atoms with van der Waals surface area (Å²) < 4.78 is 5.58. The number of ether oxygens (including phenoxy) is 1. The van der Waals surface area contributed by atoms with Crippen LogP contribution in [0.25, 0.3) is 0 Å². The highest BCUT2D eigenvalue weighted by Crippen LogP contribution is 2.18. The highest BCUT2D eigenvalue weighted by atomic mass is 16.5. The number of rotatable bonds is 8. The first-order chi connectivity index (χ1) is 13.2. The van der Waals surface area contributed by atoms with Crippen molar-refractivity contribution in [2.24, 2.45) is 5.92 Å². The Morgan fingerprint density at radius 1 is 1.19 bits per heavy atom. The van der Waals surface area contributed by atoms with Gasteiger partial charge in [-0.1, -0.05) is 24.3 Å². The number of likely N-dealkylation sites (tertiary alicyclic amines) is 1. The summed E-state index contributed by atoms with van der Waals surface area (Å²) in [7, 11) is 0. The Morgan fingerprint density at radius 3 is 2.78 bits per heavy atom. The van der Waals surface area contributed by atoms with Crippen LogP contribution in [-0.4, -0.2) is 47.9 Å². The number of carbonyl (C=O) groups excluding carboxylic acids is 2. The second-order valence-electron chi connectivity index (χ2n) is 6.60. The molecule has 0 saturated carbocycles. The van der Waals surface area contributed by atoms with Crippen molar-refractivity contribution in [2.75, 3.05) is 26.2 Å². The molecule has 0 unspecified atom stereocenters. The number of aromatic nitrogens is 1. The van der Waals surface area contributed by atoms with Crippen molar-refractivity contribution in [3.05, 3.63) is 60.4 Å². The van der Waals surface area contributed by atoms with Crippen LogP contribution in [0.15, 0.2) is 54.7 Å². The van der Waals surface area contributed by atoms with Crippen LogP contribution in [0.2, 0.25) is 0 Å². The van der Waals surface area contributed by atoms with Gasteiger partial charge in [0.05, 0.1) is 12.5 Å². The van der Waals surface area contributed by atoms with E-state index in [1.165, 1.54) is 0 Å². The molecule has 0 spiro atoms. The van der Waals surface area contributed by atoms with E-state index in [9.17, 15) is 9.59 Å². The number of hydrogen-bond donors (Lipinski definition) is 1. The monoisotopic (exact) mass is 367 g/mol. The van der Waals surface area contributed by atoms with Gasteiger partial charge in [-0.2, -0.15) is 0 Å². The molecule has 27 heavy (non-hydrogen) atoms. The average Bonchev–Trinajstić information content (AvgIpc) is 2.72. The van der Waals surface area contributed by atoms with Crippen LogP contribution in [0.4, 0.5) is 0 Å². The number of hydrogen-bond acceptors (Lipinski definition) is 4. The summed E-state index contributed by atoms with van der Waals surface area (Å²) in [5.74, 6) is 0.725. The van der Waals surface area contributed by atoms with Gasteiger partial charge < -0.3 is 15.0 Å². The molecule has 6 heteroatoms. The highest BCUT2D eigenvalue weighted by molar-refractivity contribution is 5.83. The van der Waals surface area contributed by atoms with Crippen molar-refractivity contribution < 1.29 is 14.3 Å². The van der Waals surface area contributed by atoms with Crippen molar-refractivity contribution in [3.63, 3.8) is 0 Å². The van der Waals surface area contributed by atoms with E-state index in [0.29, 0.717) is 45.5 Å². The maximum Gasteiger partial charge on any atom is 0.225 e. The lowest BCUT2D eigenvalue weighted by Crippen LogP contribution is -2.46. The molecule has 142 valence electrons. The molecule has 1 aromatic heterocycles. The molecule has 2 aromatic rings. The highest BCUT2D eigenvalue weighted by Gasteiger charge is 2.29. The summed E-state index contributed by atoms with van der Waals surface area (Å²) in [6.45, 7) is 1.94. The number of pyridine rings is 1. The Labute approximate surface area is 159 Å². The summed E-state index contributed by atoms with van der Waals surface area (Å²) >= 11 is 0. The van der Waals surface area contributed by atoms with Gasteiger partial charge in [-0.25, -0.2) is 0 Å². The minimum absolute atomic E-state index is 0.0120. The molecule has 1 atom stereocenters. The number of nitrogens with one attached hydrogen (secondary N) is 1. The largest absolute Gasteiger partial charge is 0.492 e. The van der Waals surface area contributed by atoms with Gasteiger partial charge in [0.25, 0.3) is 0 Å². The van der Waals surface area contributed by atoms with Crippen LogP contribution in [0.1, 0.15) is 18.5 Å². The van der Waals surface area contributed by atoms with Gasteiger partial charge in [0.2, 0.25) is 11.8 Å². The van der Waals surface area contributed by atoms with Crippen LogP contribution in [0.3, 0.4) is 0 Å². The van der Waals surface area contributed by atoms with Crippen molar-refractivity contribution in [3.8, 4) is 5.75 Å². The standard InChI is InChI=1S/C21H25N3O3/c25-20-10-9-17(16-24(20)14-11-18-6-4-5-12-22-18)21(26)23-13-15-27-19-7-2-1-3-8-19/h1-8,12,17H,9-11,13-16H2,(H,23,26)/t17-/m1/s1. The zero-order chi connectivity index (χ0) is 18.9. The third-order valence-electron chi connectivity index (χ3n) is 4.65. The predicted molar refractivity (Wildman–Crippen MR) is 102 cm³/mol. The molecule has 6 nitrogen and oxygen atoms in total. The topological polar surface area (TPSA) is 71.5 Å². The van der Waals surface area contributed by atoms with Crippen molar-refractivity contribution >= 4 is 11.8 Å². The number of carbonyl (C=O) groups is 2. The summed E-state index contributed by atoms with van der Waals surface area (Å²) in [5.41, 5.74) is 0.954. The van der Waals surface area contributed by atoms with Gasteiger partial charge in [0.15, 0.2) is 0 Å². The minimum Gasteiger partial charge on any atom is -0.492 e. The first kappa shape index (κ1) is 18.9. The van der Waals surface area contributed by atoms with Crippen molar-refractivity contribution in [2.45, 2.75) is 19.3 Å². The second-order valence-corrected chi connectivity index (χ2v) is 6.60. The molecule has 3 rings (SSSR count). The molecule has 1 aliphatic heterocycles. The quantitative estimate of drug-likeness (QED) is 0.725. The Morgan fingerprint density at radius 2 is 2.00 bits per heavy atom. The van der Waals surface area contributed by atoms with Gasteiger partial charge in [-0.05, 0) is 30.7 Å². The normalized spacial score (nSPS) is 16.8. The van der Waals surface area contributed by atoms with E-state index in [-0.39, 0.29) is 17.7 Å². The van der Waals surface area contributed by atoms with Gasteiger partial charge >= 0.3 is 0 Å². The van der Waals surface area contributed by atoms with Gasteiger partial charge in [-0.3, -0.25) is 14.6 Å². The SMILES string of the molecule is O=C(NCCOc1ccccc1)[C@@H]1CCC(=O)N(CCc2ccccn2)C1. The van der Waals surface area contributed by atoms with Gasteiger partial charge in [-0.15, -0.1) is 0 Å². The maximum atomic E-state index is 12.4. The molecule has 1 N–H and O–H groups in total. The molecule has 0 radical (unpaired) electrons. The molecule has 1 fully saturated rings. The Kier molecular flexibility index (Phi) is 6.79. The lowest BCUT2D eigenvalue weighted by atomic mass is 9.96. The summed E-state index contributed by atoms with van der Waals surface area (Å²) in [5, 5.41) is 2.92. The van der Waals surface area contributed by atoms with Crippen LogP contribution in [-0.2, 0) is 16.0 Å². The van der Waals surface area contributed by atoms with Crippen LogP contribution >= 0.6 is 0 Å². The zero-order valence-corrected chi connectivity index (χ0v) is 15.3. The van der Waals surface area contributed by atoms with E-state index < -0.39 is 0 Å². The molecule has 2 heterocycles. The summed E-state index contributed by atoms with van der Waals surface area (Å²) in [6.07, 6.45) is 3.47. The fraction of sp³-hybridized carbons (Fsp3) is 0.381. The van der Waals surface area contributed by atoms with Crippen molar-refractivity contribution in [1.82, 2.24) is 15.2 Å². The number of para-hydroxylation sites is 1. The summed E-state index contributed by atoms with van der Waals surface area (Å²) in [4.78, 5) is 30.6. The number of nitrogens with zero attached hydrogens (tertiary/aromatic N) is 2. The molecule has 2 amide bonds. The zero-order valence-electron chi connectivity index (χ0n) is 15.3. The average molecular weight is 367 g/mol. The second kappa shape index (κ2) is 9.71. The maximum absolute atomic E-state index is 12.4. The van der Waals surface area contributed by atoms with E-state index in [4.69, 9.17) is 4.74 Å². The Hall–Kier alpha value is -2.89. The fourth-order valence-electron chi connectivity index (χ4n) is 3.14. The lowest BCUT2D eigenvalue weighted by molar-refractivity contribution is -0.138. The van der Waals surface area contributed by atoms with Crippen molar-refractivity contribution in [1.29, 1.82) is 0 Å². The molecule has 0 aliphatic carbocycles. The first-order valence-corrected chi connectivity index (χ1v) is 9.35. The van der Waals surface area contributed by atoms with Gasteiger partial charge in [0, 0.05) is 37.8 Å². The van der Waals surface area contributed by atoms with Gasteiger partial charge in [0.1, 0.15) is 12.4 Å². The van der Waals surface area contributed by atoms with Crippen LogP contribution in [0.5, 0.6) is 5.75 Å². The fourth-order valence-corrected chi connectivity index (χ4v) is 3.14. The minimum atomic E-state index is -0.164. The van der Waals surface area contributed by atoms with E-state index in [1.54, 1.807) is 11.1 Å².